The summed E-state index contributed by atoms with van der Waals surface area (Å²) in [5, 5.41) is 0.421. The number of hydrogen-bond acceptors (Lipinski definition) is 2. The molecule has 0 aliphatic carbocycles. The van der Waals surface area contributed by atoms with E-state index in [2.05, 4.69) is 15.9 Å². The summed E-state index contributed by atoms with van der Waals surface area (Å²) in [6, 6.07) is 0. The molecule has 1 aliphatic rings. The van der Waals surface area contributed by atoms with Crippen molar-refractivity contribution in [3.05, 3.63) is 0 Å². The second-order valence-electron chi connectivity index (χ2n) is 2.61. The van der Waals surface area contributed by atoms with Crippen LogP contribution < -0.4 is 0 Å². The first-order chi connectivity index (χ1) is 4.74. The van der Waals surface area contributed by atoms with Gasteiger partial charge in [0.2, 0.25) is 0 Å². The van der Waals surface area contributed by atoms with Crippen LogP contribution >= 0.6 is 15.9 Å². The van der Waals surface area contributed by atoms with Gasteiger partial charge < -0.3 is 4.74 Å². The van der Waals surface area contributed by atoms with Crippen LogP contribution in [0.15, 0.2) is 0 Å². The van der Waals surface area contributed by atoms with Gasteiger partial charge in [-0.25, -0.2) is 0 Å². The number of rotatable bonds is 2. The fourth-order valence-corrected chi connectivity index (χ4v) is 1.49. The monoisotopic (exact) mass is 206 g/mol. The molecular formula is C7H11BrO2. The summed E-state index contributed by atoms with van der Waals surface area (Å²) in [5.41, 5.74) is 0. The average molecular weight is 207 g/mol. The molecule has 1 rings (SSSR count). The first-order valence-electron chi connectivity index (χ1n) is 3.48. The van der Waals surface area contributed by atoms with Crippen LogP contribution in [0.3, 0.4) is 0 Å². The third kappa shape index (κ3) is 1.80. The zero-order valence-electron chi connectivity index (χ0n) is 5.97. The van der Waals surface area contributed by atoms with Crippen molar-refractivity contribution in [1.29, 1.82) is 0 Å². The molecule has 3 heteroatoms. The van der Waals surface area contributed by atoms with E-state index in [1.807, 2.05) is 6.92 Å². The summed E-state index contributed by atoms with van der Waals surface area (Å²) in [4.78, 5) is 11.0. The molecule has 1 heterocycles. The van der Waals surface area contributed by atoms with Gasteiger partial charge in [-0.2, -0.15) is 0 Å². The van der Waals surface area contributed by atoms with Crippen LogP contribution in [0.1, 0.15) is 19.8 Å². The van der Waals surface area contributed by atoms with Gasteiger partial charge >= 0.3 is 0 Å². The Bertz CT molecular complexity index is 136. The minimum absolute atomic E-state index is 0.130. The Hall–Kier alpha value is 0.110. The molecule has 1 aliphatic heterocycles. The Morgan fingerprint density at radius 1 is 1.70 bits per heavy atom. The number of halogens is 1. The molecule has 0 aromatic heterocycles. The normalized spacial score (nSPS) is 32.6. The lowest BCUT2D eigenvalue weighted by Crippen LogP contribution is -2.21. The SMILES string of the molecule is CC1CCC(C(=O)CBr)O1. The van der Waals surface area contributed by atoms with E-state index in [4.69, 9.17) is 4.74 Å². The van der Waals surface area contributed by atoms with Crippen molar-refractivity contribution in [1.82, 2.24) is 0 Å². The predicted molar refractivity (Wildman–Crippen MR) is 42.4 cm³/mol. The van der Waals surface area contributed by atoms with E-state index in [9.17, 15) is 4.79 Å². The molecule has 10 heavy (non-hydrogen) atoms. The van der Waals surface area contributed by atoms with Crippen molar-refractivity contribution in [3.63, 3.8) is 0 Å². The summed E-state index contributed by atoms with van der Waals surface area (Å²) >= 11 is 3.12. The molecule has 2 atom stereocenters. The van der Waals surface area contributed by atoms with Gasteiger partial charge in [-0.1, -0.05) is 15.9 Å². The highest BCUT2D eigenvalue weighted by molar-refractivity contribution is 9.09. The molecular weight excluding hydrogens is 196 g/mol. The van der Waals surface area contributed by atoms with E-state index in [1.54, 1.807) is 0 Å². The minimum atomic E-state index is -0.130. The van der Waals surface area contributed by atoms with Gasteiger partial charge in [0.1, 0.15) is 6.10 Å². The molecule has 0 spiro atoms. The molecule has 2 unspecified atom stereocenters. The van der Waals surface area contributed by atoms with Crippen LogP contribution in [0.25, 0.3) is 0 Å². The predicted octanol–water partition coefficient (Wildman–Crippen LogP) is 1.52. The molecule has 0 radical (unpaired) electrons. The Labute approximate surface area is 69.1 Å². The smallest absolute Gasteiger partial charge is 0.172 e. The standard InChI is InChI=1S/C7H11BrO2/c1-5-2-3-7(10-5)6(9)4-8/h5,7H,2-4H2,1H3. The molecule has 0 aromatic carbocycles. The quantitative estimate of drug-likeness (QED) is 0.641. The number of ketones is 1. The summed E-state index contributed by atoms with van der Waals surface area (Å²) in [6.45, 7) is 2.00. The molecule has 0 bridgehead atoms. The number of alkyl halides is 1. The first-order valence-corrected chi connectivity index (χ1v) is 4.60. The van der Waals surface area contributed by atoms with E-state index in [0.29, 0.717) is 5.33 Å². The van der Waals surface area contributed by atoms with Gasteiger partial charge in [0, 0.05) is 0 Å². The van der Waals surface area contributed by atoms with E-state index in [1.165, 1.54) is 0 Å². The molecule has 0 saturated carbocycles. The highest BCUT2D eigenvalue weighted by atomic mass is 79.9. The zero-order valence-corrected chi connectivity index (χ0v) is 7.56. The van der Waals surface area contributed by atoms with Crippen molar-refractivity contribution in [2.24, 2.45) is 0 Å². The van der Waals surface area contributed by atoms with Gasteiger partial charge in [-0.15, -0.1) is 0 Å². The van der Waals surface area contributed by atoms with Gasteiger partial charge in [0.15, 0.2) is 5.78 Å². The van der Waals surface area contributed by atoms with Gasteiger partial charge in [-0.05, 0) is 19.8 Å². The molecule has 0 amide bonds. The van der Waals surface area contributed by atoms with E-state index in [-0.39, 0.29) is 18.0 Å². The average Bonchev–Trinajstić information content (AvgIpc) is 2.34. The van der Waals surface area contributed by atoms with Gasteiger partial charge in [0.25, 0.3) is 0 Å². The maximum Gasteiger partial charge on any atom is 0.172 e. The molecule has 0 N–H and O–H groups in total. The van der Waals surface area contributed by atoms with Crippen molar-refractivity contribution in [2.75, 3.05) is 5.33 Å². The Morgan fingerprint density at radius 3 is 2.80 bits per heavy atom. The molecule has 1 saturated heterocycles. The van der Waals surface area contributed by atoms with Gasteiger partial charge in [-0.3, -0.25) is 4.79 Å². The Balaban J connectivity index is 2.37. The van der Waals surface area contributed by atoms with E-state index in [0.717, 1.165) is 12.8 Å². The van der Waals surface area contributed by atoms with E-state index < -0.39 is 0 Å². The third-order valence-electron chi connectivity index (χ3n) is 1.72. The van der Waals surface area contributed by atoms with E-state index >= 15 is 0 Å². The minimum Gasteiger partial charge on any atom is -0.367 e. The number of ether oxygens (including phenoxy) is 1. The summed E-state index contributed by atoms with van der Waals surface area (Å²) in [5.74, 6) is 0.171. The number of carbonyl (C=O) groups is 1. The van der Waals surface area contributed by atoms with Crippen LogP contribution in [0.2, 0.25) is 0 Å². The topological polar surface area (TPSA) is 26.3 Å². The third-order valence-corrected chi connectivity index (χ3v) is 2.28. The van der Waals surface area contributed by atoms with Crippen molar-refractivity contribution < 1.29 is 9.53 Å². The first kappa shape index (κ1) is 8.21. The van der Waals surface area contributed by atoms with Crippen molar-refractivity contribution in [3.8, 4) is 0 Å². The van der Waals surface area contributed by atoms with Crippen molar-refractivity contribution >= 4 is 21.7 Å². The number of Topliss-reactive ketones (excluding diaryl/α,β-unsaturated/α-hetero) is 1. The van der Waals surface area contributed by atoms with Crippen LogP contribution in [0.4, 0.5) is 0 Å². The Kier molecular flexibility index (Phi) is 2.86. The molecule has 0 aromatic rings. The lowest BCUT2D eigenvalue weighted by molar-refractivity contribution is -0.126. The van der Waals surface area contributed by atoms with Crippen LogP contribution in [-0.4, -0.2) is 23.3 Å². The number of hydrogen-bond donors (Lipinski definition) is 0. The lowest BCUT2D eigenvalue weighted by atomic mass is 10.1. The molecule has 2 nitrogen and oxygen atoms in total. The summed E-state index contributed by atoms with van der Waals surface area (Å²) in [6.07, 6.45) is 2.05. The fourth-order valence-electron chi connectivity index (χ4n) is 1.13. The largest absolute Gasteiger partial charge is 0.367 e. The maximum absolute atomic E-state index is 11.0. The fraction of sp³-hybridized carbons (Fsp3) is 0.857. The summed E-state index contributed by atoms with van der Waals surface area (Å²) < 4.78 is 5.33. The van der Waals surface area contributed by atoms with Crippen molar-refractivity contribution in [2.45, 2.75) is 32.0 Å². The molecule has 58 valence electrons. The van der Waals surface area contributed by atoms with Crippen LogP contribution in [0.5, 0.6) is 0 Å². The molecule has 1 fully saturated rings. The van der Waals surface area contributed by atoms with Gasteiger partial charge in [0.05, 0.1) is 11.4 Å². The van der Waals surface area contributed by atoms with Crippen LogP contribution in [0, 0.1) is 0 Å². The maximum atomic E-state index is 11.0. The van der Waals surface area contributed by atoms with Crippen LogP contribution in [-0.2, 0) is 9.53 Å². The zero-order chi connectivity index (χ0) is 7.56. The number of carbonyl (C=O) groups excluding carboxylic acids is 1. The lowest BCUT2D eigenvalue weighted by Gasteiger charge is -2.06. The Morgan fingerprint density at radius 2 is 2.40 bits per heavy atom. The highest BCUT2D eigenvalue weighted by Crippen LogP contribution is 2.19. The highest BCUT2D eigenvalue weighted by Gasteiger charge is 2.26. The second kappa shape index (κ2) is 3.49. The second-order valence-corrected chi connectivity index (χ2v) is 3.17. The summed E-state index contributed by atoms with van der Waals surface area (Å²) in [7, 11) is 0.